The Labute approximate surface area is 97.2 Å². The van der Waals surface area contributed by atoms with Crippen LogP contribution in [0.4, 0.5) is 5.69 Å². The van der Waals surface area contributed by atoms with Crippen LogP contribution >= 0.6 is 11.6 Å². The first-order chi connectivity index (χ1) is 7.59. The van der Waals surface area contributed by atoms with Gasteiger partial charge in [-0.2, -0.15) is 0 Å². The van der Waals surface area contributed by atoms with E-state index < -0.39 is 5.97 Å². The molecule has 0 atom stereocenters. The number of carboxylic acids is 1. The Bertz CT molecular complexity index is 455. The van der Waals surface area contributed by atoms with Crippen LogP contribution in [0.2, 0.25) is 5.02 Å². The lowest BCUT2D eigenvalue weighted by Crippen LogP contribution is -2.16. The van der Waals surface area contributed by atoms with E-state index in [0.717, 1.165) is 12.8 Å². The number of carbonyl (C=O) groups is 2. The topological polar surface area (TPSA) is 66.4 Å². The van der Waals surface area contributed by atoms with E-state index >= 15 is 0 Å². The van der Waals surface area contributed by atoms with E-state index in [4.69, 9.17) is 16.7 Å². The highest BCUT2D eigenvalue weighted by molar-refractivity contribution is 6.34. The molecule has 0 aliphatic heterocycles. The van der Waals surface area contributed by atoms with Crippen LogP contribution in [0.5, 0.6) is 0 Å². The molecule has 1 aliphatic rings. The molecule has 0 spiro atoms. The van der Waals surface area contributed by atoms with E-state index in [1.165, 1.54) is 6.07 Å². The van der Waals surface area contributed by atoms with Gasteiger partial charge in [0.2, 0.25) is 5.91 Å². The third-order valence-corrected chi connectivity index (χ3v) is 2.76. The average Bonchev–Trinajstić information content (AvgIpc) is 3.03. The molecule has 1 amide bonds. The fourth-order valence-corrected chi connectivity index (χ4v) is 1.62. The summed E-state index contributed by atoms with van der Waals surface area (Å²) in [4.78, 5) is 22.5. The number of aromatic carboxylic acids is 1. The maximum atomic E-state index is 11.5. The third kappa shape index (κ3) is 2.17. The number of anilines is 1. The van der Waals surface area contributed by atoms with Crippen LogP contribution in [-0.2, 0) is 4.79 Å². The molecule has 16 heavy (non-hydrogen) atoms. The number of para-hydroxylation sites is 1. The van der Waals surface area contributed by atoms with E-state index in [2.05, 4.69) is 5.32 Å². The number of amides is 1. The quantitative estimate of drug-likeness (QED) is 0.851. The van der Waals surface area contributed by atoms with Gasteiger partial charge in [0.15, 0.2) is 0 Å². The molecule has 0 aromatic heterocycles. The van der Waals surface area contributed by atoms with Crippen molar-refractivity contribution >= 4 is 29.2 Å². The molecule has 84 valence electrons. The van der Waals surface area contributed by atoms with Crippen molar-refractivity contribution < 1.29 is 14.7 Å². The number of benzene rings is 1. The van der Waals surface area contributed by atoms with Crippen molar-refractivity contribution in [2.24, 2.45) is 5.92 Å². The zero-order chi connectivity index (χ0) is 11.7. The normalized spacial score (nSPS) is 14.6. The molecule has 5 heteroatoms. The maximum absolute atomic E-state index is 11.5. The minimum atomic E-state index is -1.10. The SMILES string of the molecule is O=C(O)c1cccc(Cl)c1NC(=O)C1CC1. The van der Waals surface area contributed by atoms with Gasteiger partial charge in [-0.3, -0.25) is 4.79 Å². The Morgan fingerprint density at radius 3 is 2.62 bits per heavy atom. The predicted molar refractivity (Wildman–Crippen MR) is 59.8 cm³/mol. The van der Waals surface area contributed by atoms with Crippen LogP contribution in [0.15, 0.2) is 18.2 Å². The monoisotopic (exact) mass is 239 g/mol. The van der Waals surface area contributed by atoms with Crippen molar-refractivity contribution in [3.63, 3.8) is 0 Å². The summed E-state index contributed by atoms with van der Waals surface area (Å²) in [6.45, 7) is 0. The van der Waals surface area contributed by atoms with E-state index in [1.54, 1.807) is 12.1 Å². The number of rotatable bonds is 3. The number of hydrogen-bond acceptors (Lipinski definition) is 2. The summed E-state index contributed by atoms with van der Waals surface area (Å²) in [5.74, 6) is -1.25. The number of carbonyl (C=O) groups excluding carboxylic acids is 1. The molecule has 1 saturated carbocycles. The molecule has 0 saturated heterocycles. The molecule has 4 nitrogen and oxygen atoms in total. The smallest absolute Gasteiger partial charge is 0.337 e. The van der Waals surface area contributed by atoms with Crippen molar-refractivity contribution in [2.45, 2.75) is 12.8 Å². The van der Waals surface area contributed by atoms with Gasteiger partial charge in [0.05, 0.1) is 16.3 Å². The Balaban J connectivity index is 2.29. The molecule has 0 heterocycles. The van der Waals surface area contributed by atoms with E-state index in [-0.39, 0.29) is 28.1 Å². The van der Waals surface area contributed by atoms with Crippen LogP contribution in [-0.4, -0.2) is 17.0 Å². The predicted octanol–water partition coefficient (Wildman–Crippen LogP) is 2.39. The molecule has 0 bridgehead atoms. The second kappa shape index (κ2) is 4.14. The first-order valence-corrected chi connectivity index (χ1v) is 5.30. The van der Waals surface area contributed by atoms with Gasteiger partial charge in [0, 0.05) is 5.92 Å². The Morgan fingerprint density at radius 2 is 2.06 bits per heavy atom. The standard InChI is InChI=1S/C11H10ClNO3/c12-8-3-1-2-7(11(15)16)9(8)13-10(14)6-4-5-6/h1-3,6H,4-5H2,(H,13,14)(H,15,16). The summed E-state index contributed by atoms with van der Waals surface area (Å²) in [6, 6.07) is 4.51. The second-order valence-electron chi connectivity index (χ2n) is 3.73. The summed E-state index contributed by atoms with van der Waals surface area (Å²) in [7, 11) is 0. The highest BCUT2D eigenvalue weighted by atomic mass is 35.5. The van der Waals surface area contributed by atoms with Crippen LogP contribution in [0, 0.1) is 5.92 Å². The number of nitrogens with one attached hydrogen (secondary N) is 1. The number of halogens is 1. The first-order valence-electron chi connectivity index (χ1n) is 4.92. The molecule has 2 N–H and O–H groups in total. The summed E-state index contributed by atoms with van der Waals surface area (Å²) in [5.41, 5.74) is 0.204. The van der Waals surface area contributed by atoms with Crippen LogP contribution in [0.3, 0.4) is 0 Å². The average molecular weight is 240 g/mol. The zero-order valence-corrected chi connectivity index (χ0v) is 9.12. The number of hydrogen-bond donors (Lipinski definition) is 2. The Morgan fingerprint density at radius 1 is 1.38 bits per heavy atom. The van der Waals surface area contributed by atoms with Crippen molar-refractivity contribution in [2.75, 3.05) is 5.32 Å². The lowest BCUT2D eigenvalue weighted by molar-refractivity contribution is -0.117. The molecular weight excluding hydrogens is 230 g/mol. The molecule has 1 aromatic rings. The van der Waals surface area contributed by atoms with Crippen LogP contribution in [0.1, 0.15) is 23.2 Å². The molecular formula is C11H10ClNO3. The second-order valence-corrected chi connectivity index (χ2v) is 4.14. The van der Waals surface area contributed by atoms with Crippen molar-refractivity contribution in [3.05, 3.63) is 28.8 Å². The highest BCUT2D eigenvalue weighted by Crippen LogP contribution is 2.32. The summed E-state index contributed by atoms with van der Waals surface area (Å²) in [5, 5.41) is 11.8. The van der Waals surface area contributed by atoms with Crippen LogP contribution < -0.4 is 5.32 Å². The summed E-state index contributed by atoms with van der Waals surface area (Å²) >= 11 is 5.86. The van der Waals surface area contributed by atoms with Gasteiger partial charge in [-0.25, -0.2) is 4.79 Å². The van der Waals surface area contributed by atoms with E-state index in [9.17, 15) is 9.59 Å². The van der Waals surface area contributed by atoms with Gasteiger partial charge in [-0.05, 0) is 25.0 Å². The van der Waals surface area contributed by atoms with Gasteiger partial charge in [0.25, 0.3) is 0 Å². The van der Waals surface area contributed by atoms with Crippen LogP contribution in [0.25, 0.3) is 0 Å². The van der Waals surface area contributed by atoms with Gasteiger partial charge in [0.1, 0.15) is 0 Å². The largest absolute Gasteiger partial charge is 0.478 e. The Kier molecular flexibility index (Phi) is 2.83. The van der Waals surface area contributed by atoms with Crippen molar-refractivity contribution in [3.8, 4) is 0 Å². The third-order valence-electron chi connectivity index (χ3n) is 2.44. The van der Waals surface area contributed by atoms with Gasteiger partial charge in [-0.1, -0.05) is 17.7 Å². The van der Waals surface area contributed by atoms with E-state index in [1.807, 2.05) is 0 Å². The van der Waals surface area contributed by atoms with E-state index in [0.29, 0.717) is 0 Å². The highest BCUT2D eigenvalue weighted by Gasteiger charge is 2.30. The van der Waals surface area contributed by atoms with Gasteiger partial charge in [-0.15, -0.1) is 0 Å². The fourth-order valence-electron chi connectivity index (χ4n) is 1.40. The minimum Gasteiger partial charge on any atom is -0.478 e. The molecule has 0 radical (unpaired) electrons. The molecule has 1 aromatic carbocycles. The molecule has 2 rings (SSSR count). The van der Waals surface area contributed by atoms with Crippen molar-refractivity contribution in [1.29, 1.82) is 0 Å². The maximum Gasteiger partial charge on any atom is 0.337 e. The van der Waals surface area contributed by atoms with Gasteiger partial charge < -0.3 is 10.4 Å². The fraction of sp³-hybridized carbons (Fsp3) is 0.273. The minimum absolute atomic E-state index is 0.0120. The lowest BCUT2D eigenvalue weighted by atomic mass is 10.1. The zero-order valence-electron chi connectivity index (χ0n) is 8.37. The summed E-state index contributed by atoms with van der Waals surface area (Å²) < 4.78 is 0. The molecule has 1 fully saturated rings. The molecule has 1 aliphatic carbocycles. The lowest BCUT2D eigenvalue weighted by Gasteiger charge is -2.09. The van der Waals surface area contributed by atoms with Crippen molar-refractivity contribution in [1.82, 2.24) is 0 Å². The Hall–Kier alpha value is -1.55. The first kappa shape index (κ1) is 11.0. The molecule has 0 unspecified atom stereocenters. The van der Waals surface area contributed by atoms with Gasteiger partial charge >= 0.3 is 5.97 Å². The summed E-state index contributed by atoms with van der Waals surface area (Å²) in [6.07, 6.45) is 1.72. The number of carboxylic acid groups (broad SMARTS) is 1.